The number of carbonyl (C=O) groups is 8. The number of carboxylic acids is 2. The first-order valence-electron chi connectivity index (χ1n) is 16.3. The number of nitrogens with zero attached hydrogens (tertiary/aromatic N) is 1. The van der Waals surface area contributed by atoms with Crippen LogP contribution in [0, 0.1) is 10.1 Å². The normalized spacial score (nSPS) is 9.58. The minimum atomic E-state index is -1.36. The van der Waals surface area contributed by atoms with Crippen LogP contribution < -0.4 is 5.73 Å². The number of aromatic hydroxyl groups is 4. The van der Waals surface area contributed by atoms with Crippen LogP contribution in [0.1, 0.15) is 82.9 Å². The molecule has 0 aliphatic rings. The maximum absolute atomic E-state index is 11.3. The van der Waals surface area contributed by atoms with Crippen molar-refractivity contribution in [1.82, 2.24) is 0 Å². The van der Waals surface area contributed by atoms with Crippen molar-refractivity contribution >= 4 is 59.1 Å². The molecule has 24 nitrogen and oxygen atoms in total. The molecule has 0 fully saturated rings. The summed E-state index contributed by atoms with van der Waals surface area (Å²) in [5.74, 6) is -9.16. The molecule has 4 aromatic carbocycles. The van der Waals surface area contributed by atoms with Gasteiger partial charge in [-0.2, -0.15) is 0 Å². The first-order valence-corrected chi connectivity index (χ1v) is 16.3. The molecule has 24 heteroatoms. The van der Waals surface area contributed by atoms with Crippen molar-refractivity contribution < 1.29 is 102 Å². The smallest absolute Gasteiger partial charge is 0.341 e. The van der Waals surface area contributed by atoms with Gasteiger partial charge in [0, 0.05) is 6.07 Å². The van der Waals surface area contributed by atoms with Crippen molar-refractivity contribution in [2.24, 2.45) is 0 Å². The number of esters is 6. The van der Waals surface area contributed by atoms with Gasteiger partial charge < -0.3 is 64.8 Å². The lowest BCUT2D eigenvalue weighted by atomic mass is 10.1. The van der Waals surface area contributed by atoms with E-state index in [2.05, 4.69) is 28.4 Å². The Balaban J connectivity index is 0.000000416. The van der Waals surface area contributed by atoms with Crippen LogP contribution in [0.5, 0.6) is 23.0 Å². The number of benzene rings is 4. The number of rotatable bonds is 9. The second kappa shape index (κ2) is 23.4. The number of phenols is 4. The van der Waals surface area contributed by atoms with Crippen molar-refractivity contribution in [2.45, 2.75) is 0 Å². The Morgan fingerprint density at radius 1 is 0.468 bits per heavy atom. The Hall–Kier alpha value is -8.96. The summed E-state index contributed by atoms with van der Waals surface area (Å²) in [6.07, 6.45) is 0. The lowest BCUT2D eigenvalue weighted by Gasteiger charge is -2.07. The third kappa shape index (κ3) is 13.6. The molecule has 0 saturated carbocycles. The zero-order valence-corrected chi connectivity index (χ0v) is 33.0. The molecule has 4 rings (SSSR count). The second-order valence-corrected chi connectivity index (χ2v) is 11.1. The highest BCUT2D eigenvalue weighted by Crippen LogP contribution is 2.32. The number of carbonyl (C=O) groups excluding carboxylic acids is 6. The molecule has 0 spiro atoms. The molecule has 4 aromatic rings. The standard InChI is InChI=1S/C10H9NO7.C10H11NO5.C10H10O5.C8H6O5/c1-17-9(13)5-3-6(10(14)18-2)8(12)7(4-5)11(15)16;1-15-9(13)5-3-6(10(14)16-2)8(12)7(11)4-5;1-14-9(12)6-3-4-8(11)7(5-6)10(13)15-2;9-6-2-1-4(7(10)11)3-5(6)8(12)13/h3-4,12H,1-2H3;3-4,12H,11H2,1-2H3;3-5,11H,1-2H3;1-3,9H,(H,10,11)(H,12,13). The average Bonchev–Trinajstić information content (AvgIpc) is 3.26. The van der Waals surface area contributed by atoms with Gasteiger partial charge in [-0.05, 0) is 54.6 Å². The van der Waals surface area contributed by atoms with E-state index in [0.29, 0.717) is 0 Å². The van der Waals surface area contributed by atoms with Crippen molar-refractivity contribution in [3.05, 3.63) is 115 Å². The monoisotopic (exact) mass is 872 g/mol. The van der Waals surface area contributed by atoms with Crippen LogP contribution in [0.15, 0.2) is 60.7 Å². The average molecular weight is 873 g/mol. The second-order valence-electron chi connectivity index (χ2n) is 11.1. The Labute approximate surface area is 347 Å². The fourth-order valence-electron chi connectivity index (χ4n) is 4.31. The summed E-state index contributed by atoms with van der Waals surface area (Å²) >= 11 is 0. The number of nitro benzene ring substituents is 1. The predicted octanol–water partition coefficient (Wildman–Crippen LogP) is 3.18. The molecule has 0 saturated heterocycles. The van der Waals surface area contributed by atoms with E-state index in [9.17, 15) is 63.8 Å². The van der Waals surface area contributed by atoms with E-state index in [1.165, 1.54) is 45.6 Å². The number of methoxy groups -OCH3 is 6. The maximum atomic E-state index is 11.3. The summed E-state index contributed by atoms with van der Waals surface area (Å²) in [6, 6.07) is 11.0. The zero-order valence-electron chi connectivity index (χ0n) is 33.0. The number of nitrogen functional groups attached to an aromatic ring is 1. The summed E-state index contributed by atoms with van der Waals surface area (Å²) < 4.78 is 26.5. The molecule has 330 valence electrons. The SMILES string of the molecule is COC(=O)c1cc(C(=O)OC)c(O)c([N+](=O)[O-])c1.COC(=O)c1cc(N)c(O)c(C(=O)OC)c1.COC(=O)c1ccc(O)c(C(=O)OC)c1.O=C(O)c1ccc(O)c(C(=O)O)c1. The van der Waals surface area contributed by atoms with Gasteiger partial charge >= 0.3 is 53.4 Å². The van der Waals surface area contributed by atoms with Gasteiger partial charge in [0.2, 0.25) is 5.75 Å². The van der Waals surface area contributed by atoms with Crippen molar-refractivity contribution in [1.29, 1.82) is 0 Å². The molecule has 0 aliphatic carbocycles. The molecular formula is C38H36N2O22. The topological polar surface area (TPSA) is 382 Å². The van der Waals surface area contributed by atoms with E-state index in [4.69, 9.17) is 21.1 Å². The molecule has 0 bridgehead atoms. The third-order valence-electron chi connectivity index (χ3n) is 7.38. The fourth-order valence-corrected chi connectivity index (χ4v) is 4.31. The highest BCUT2D eigenvalue weighted by atomic mass is 16.6. The Morgan fingerprint density at radius 3 is 1.24 bits per heavy atom. The molecule has 0 heterocycles. The lowest BCUT2D eigenvalue weighted by Crippen LogP contribution is -2.08. The van der Waals surface area contributed by atoms with Crippen molar-refractivity contribution in [3.8, 4) is 23.0 Å². The Morgan fingerprint density at radius 2 is 0.823 bits per heavy atom. The van der Waals surface area contributed by atoms with Gasteiger partial charge in [0.15, 0.2) is 5.75 Å². The number of nitrogens with two attached hydrogens (primary N) is 1. The number of hydrogen-bond acceptors (Lipinski definition) is 21. The van der Waals surface area contributed by atoms with Crippen LogP contribution in [0.4, 0.5) is 11.4 Å². The van der Waals surface area contributed by atoms with Crippen LogP contribution in [-0.2, 0) is 28.4 Å². The van der Waals surface area contributed by atoms with E-state index >= 15 is 0 Å². The summed E-state index contributed by atoms with van der Waals surface area (Å²) in [7, 11) is 6.89. The third-order valence-corrected chi connectivity index (χ3v) is 7.38. The highest BCUT2D eigenvalue weighted by molar-refractivity contribution is 6.01. The summed E-state index contributed by atoms with van der Waals surface area (Å²) in [5, 5.41) is 65.1. The first kappa shape index (κ1) is 51.1. The van der Waals surface area contributed by atoms with Crippen molar-refractivity contribution in [3.63, 3.8) is 0 Å². The van der Waals surface area contributed by atoms with Gasteiger partial charge in [-0.1, -0.05) is 0 Å². The number of nitro groups is 1. The minimum Gasteiger partial charge on any atom is -0.507 e. The van der Waals surface area contributed by atoms with Crippen LogP contribution >= 0.6 is 0 Å². The Bertz CT molecular complexity index is 2390. The van der Waals surface area contributed by atoms with Crippen molar-refractivity contribution in [2.75, 3.05) is 48.4 Å². The molecule has 0 unspecified atom stereocenters. The quantitative estimate of drug-likeness (QED) is 0.0317. The minimum absolute atomic E-state index is 0.0678. The number of hydrogen-bond donors (Lipinski definition) is 7. The molecular weight excluding hydrogens is 836 g/mol. The summed E-state index contributed by atoms with van der Waals surface area (Å²) in [5.41, 5.74) is 3.26. The predicted molar refractivity (Wildman–Crippen MR) is 205 cm³/mol. The largest absolute Gasteiger partial charge is 0.507 e. The Kier molecular flexibility index (Phi) is 19.3. The lowest BCUT2D eigenvalue weighted by molar-refractivity contribution is -0.385. The zero-order chi connectivity index (χ0) is 47.6. The summed E-state index contributed by atoms with van der Waals surface area (Å²) in [4.78, 5) is 98.0. The molecule has 0 amide bonds. The van der Waals surface area contributed by atoms with Gasteiger partial charge in [0.1, 0.15) is 33.8 Å². The summed E-state index contributed by atoms with van der Waals surface area (Å²) in [6.45, 7) is 0. The van der Waals surface area contributed by atoms with E-state index in [-0.39, 0.29) is 44.8 Å². The van der Waals surface area contributed by atoms with Gasteiger partial charge in [0.25, 0.3) is 0 Å². The molecule has 0 aromatic heterocycles. The van der Waals surface area contributed by atoms with Gasteiger partial charge in [0.05, 0.1) is 75.5 Å². The van der Waals surface area contributed by atoms with E-state index in [1.807, 2.05) is 0 Å². The van der Waals surface area contributed by atoms with Crippen LogP contribution in [-0.4, -0.2) is 126 Å². The van der Waals surface area contributed by atoms with E-state index < -0.39 is 86.7 Å². The fraction of sp³-hybridized carbons (Fsp3) is 0.158. The van der Waals surface area contributed by atoms with Crippen LogP contribution in [0.25, 0.3) is 0 Å². The van der Waals surface area contributed by atoms with Gasteiger partial charge in [-0.3, -0.25) is 10.1 Å². The van der Waals surface area contributed by atoms with Gasteiger partial charge in [-0.15, -0.1) is 0 Å². The number of ether oxygens (including phenoxy) is 6. The number of anilines is 1. The number of carboxylic acid groups (broad SMARTS) is 2. The first-order chi connectivity index (χ1) is 29.0. The van der Waals surface area contributed by atoms with Gasteiger partial charge in [-0.25, -0.2) is 38.4 Å². The number of aromatic carboxylic acids is 2. The molecule has 62 heavy (non-hydrogen) atoms. The van der Waals surface area contributed by atoms with E-state index in [1.54, 1.807) is 0 Å². The molecule has 0 aliphatic heterocycles. The molecule has 8 N–H and O–H groups in total. The van der Waals surface area contributed by atoms with Crippen LogP contribution in [0.2, 0.25) is 0 Å². The highest BCUT2D eigenvalue weighted by Gasteiger charge is 2.26. The van der Waals surface area contributed by atoms with Crippen LogP contribution in [0.3, 0.4) is 0 Å². The maximum Gasteiger partial charge on any atom is 0.341 e. The van der Waals surface area contributed by atoms with E-state index in [0.717, 1.165) is 57.7 Å². The number of phenolic OH excluding ortho intramolecular Hbond substituents is 3. The molecule has 0 radical (unpaired) electrons. The molecule has 0 atom stereocenters.